The number of ketones is 2. The van der Waals surface area contributed by atoms with Crippen LogP contribution in [-0.4, -0.2) is 86.1 Å². The van der Waals surface area contributed by atoms with Crippen molar-refractivity contribution in [2.75, 3.05) is 35.8 Å². The van der Waals surface area contributed by atoms with E-state index in [-0.39, 0.29) is 171 Å². The van der Waals surface area contributed by atoms with Crippen LogP contribution >= 0.6 is 145 Å². The predicted octanol–water partition coefficient (Wildman–Crippen LogP) is 5.64. The van der Waals surface area contributed by atoms with Gasteiger partial charge in [-0.05, 0) is 79.6 Å². The van der Waals surface area contributed by atoms with Gasteiger partial charge < -0.3 is 46.8 Å². The Morgan fingerprint density at radius 2 is 1.14 bits per heavy atom. The van der Waals surface area contributed by atoms with Crippen LogP contribution in [0.3, 0.4) is 0 Å². The van der Waals surface area contributed by atoms with E-state index >= 15 is 0 Å². The Hall–Kier alpha value is 0.513. The van der Waals surface area contributed by atoms with Crippen molar-refractivity contribution < 1.29 is 177 Å². The Morgan fingerprint density at radius 1 is 0.750 bits per heavy atom. The molecule has 0 bridgehead atoms. The molecule has 388 valence electrons. The fraction of sp³-hybridized carbons (Fsp3) is 0.390. The number of hydrogen-bond acceptors (Lipinski definition) is 18. The zero-order chi connectivity index (χ0) is 53.6. The monoisotopic (exact) mass is 1490 g/mol. The predicted molar refractivity (Wildman–Crippen MR) is 289 cm³/mol. The van der Waals surface area contributed by atoms with E-state index in [2.05, 4.69) is 96.9 Å². The number of ether oxygens (including phenoxy) is 3. The Balaban J connectivity index is -0.000000904. The number of halogens is 8. The number of phenols is 1. The summed E-state index contributed by atoms with van der Waals surface area (Å²) in [5.74, 6) is -2.43. The van der Waals surface area contributed by atoms with Crippen molar-refractivity contribution in [1.29, 1.82) is 0 Å². The number of thiophene rings is 3. The standard InChI is InChI=1S/C13H13Br2NO4S.C13H12BrNO4S.C13H15NO4S.CHCl3.CH2O3.Br2.2K.H/c1-3-20-12(19)8-7-4-5-13(14,15)10(18)9(7)21-11(8)16-6(2)17;1-3-19-13(18)9-7-4-5-8(14)10(17)11(7)20-12(9)15-6(2)16;1-3-18-13(17)10-8-5-4-6-9(16)11(8)19-12(10)14-7(2)15;2-1(3)4;2-1-4-3;1-2;;;/h3-5H2,1-2H3,(H,16,17);4-5,17H,3H2,1-2H3,(H,15,16);3-6H2,1-2H3,(H,14,15);1H;1,3H;;;;/q;;;;;;2*+1;-1/p-1. The molecule has 3 amide bonds. The minimum atomic E-state index is -0.808. The van der Waals surface area contributed by atoms with Gasteiger partial charge in [-0.25, -0.2) is 14.4 Å². The number of carbonyl (C=O) groups excluding carboxylic acids is 9. The van der Waals surface area contributed by atoms with Crippen LogP contribution in [0.1, 0.15) is 124 Å². The molecule has 0 aliphatic heterocycles. The minimum Gasteiger partial charge on any atom is -1.00 e. The third-order valence-corrected chi connectivity index (χ3v) is 14.1. The van der Waals surface area contributed by atoms with Crippen molar-refractivity contribution in [1.82, 2.24) is 0 Å². The summed E-state index contributed by atoms with van der Waals surface area (Å²) >= 11 is 33.3. The van der Waals surface area contributed by atoms with E-state index in [1.807, 2.05) is 0 Å². The SMILES string of the molecule is BrBr.CCOC(=O)c1c(NC(C)=O)sc2c(O)c(Br)ccc12.CCOC(=O)c1c(NC(C)=O)sc2c1CCC(Br)(Br)C2=O.CCOC(=O)c1c(NC(C)=O)sc2c1CCCC2=O.ClC(Cl)Cl.O=CO[O-].[H-].[K+].[K+]. The zero-order valence-corrected chi connectivity index (χ0v) is 58.3. The van der Waals surface area contributed by atoms with Crippen molar-refractivity contribution in [2.45, 2.75) is 81.2 Å². The first-order valence-corrected chi connectivity index (χ1v) is 29.6. The Kier molecular flexibility index (Phi) is 39.5. The molecule has 2 aliphatic carbocycles. The van der Waals surface area contributed by atoms with Gasteiger partial charge in [0.15, 0.2) is 15.9 Å². The molecule has 6 rings (SSSR count). The van der Waals surface area contributed by atoms with Gasteiger partial charge in [-0.1, -0.05) is 72.7 Å². The Bertz CT molecular complexity index is 2560. The average Bonchev–Trinajstić information content (AvgIpc) is 3.96. The van der Waals surface area contributed by atoms with E-state index < -0.39 is 25.4 Å². The Labute approximate surface area is 568 Å². The number of Topliss-reactive ketones (excluding diaryl/α,β-unsaturated/α-hetero) is 2. The summed E-state index contributed by atoms with van der Waals surface area (Å²) in [7, 11) is 0. The first-order valence-electron chi connectivity index (χ1n) is 19.8. The van der Waals surface area contributed by atoms with E-state index in [1.165, 1.54) is 32.1 Å². The molecule has 0 atom stereocenters. The van der Waals surface area contributed by atoms with E-state index in [1.54, 1.807) is 32.9 Å². The minimum absolute atomic E-state index is 0. The van der Waals surface area contributed by atoms with Gasteiger partial charge in [-0.2, -0.15) is 0 Å². The average molecular weight is 1500 g/mol. The summed E-state index contributed by atoms with van der Waals surface area (Å²) in [6, 6.07) is 3.35. The van der Waals surface area contributed by atoms with Gasteiger partial charge in [0.1, 0.15) is 29.5 Å². The van der Waals surface area contributed by atoms with Crippen LogP contribution in [-0.2, 0) is 51.1 Å². The second-order valence-electron chi connectivity index (χ2n) is 13.3. The first-order chi connectivity index (χ1) is 32.9. The number of nitrogens with one attached hydrogen (secondary N) is 3. The maximum atomic E-state index is 12.4. The molecule has 72 heavy (non-hydrogen) atoms. The molecule has 0 saturated heterocycles. The summed E-state index contributed by atoms with van der Waals surface area (Å²) in [5, 5.41) is 28.0. The summed E-state index contributed by atoms with van der Waals surface area (Å²) in [5.41, 5.74) is 2.30. The molecule has 0 saturated carbocycles. The zero-order valence-electron chi connectivity index (χ0n) is 40.4. The van der Waals surface area contributed by atoms with Gasteiger partial charge in [-0.3, -0.25) is 28.8 Å². The molecule has 18 nitrogen and oxygen atoms in total. The van der Waals surface area contributed by atoms with Crippen molar-refractivity contribution >= 4 is 224 Å². The van der Waals surface area contributed by atoms with Gasteiger partial charge in [0.2, 0.25) is 17.7 Å². The van der Waals surface area contributed by atoms with Crippen LogP contribution in [0.5, 0.6) is 5.75 Å². The van der Waals surface area contributed by atoms with Gasteiger partial charge >= 0.3 is 121 Å². The largest absolute Gasteiger partial charge is 1.00 e. The van der Waals surface area contributed by atoms with Gasteiger partial charge in [0, 0.05) is 60.8 Å². The van der Waals surface area contributed by atoms with Crippen molar-refractivity contribution in [3.8, 4) is 5.75 Å². The van der Waals surface area contributed by atoms with Crippen LogP contribution in [0.25, 0.3) is 10.1 Å². The quantitative estimate of drug-likeness (QED) is 0.0285. The van der Waals surface area contributed by atoms with Crippen LogP contribution in [0.2, 0.25) is 0 Å². The maximum absolute atomic E-state index is 12.4. The number of hydrogen-bond donors (Lipinski definition) is 4. The van der Waals surface area contributed by atoms with Crippen LogP contribution < -0.4 is 124 Å². The molecule has 3 heterocycles. The molecule has 31 heteroatoms. The van der Waals surface area contributed by atoms with Crippen molar-refractivity contribution in [3.63, 3.8) is 0 Å². The number of anilines is 3. The smallest absolute Gasteiger partial charge is 1.00 e. The number of esters is 3. The molecule has 4 aromatic rings. The van der Waals surface area contributed by atoms with Gasteiger partial charge in [0.05, 0.1) is 49.9 Å². The van der Waals surface area contributed by atoms with Gasteiger partial charge in [-0.15, -0.1) is 34.0 Å². The topological polar surface area (TPSA) is 270 Å². The molecule has 3 aromatic heterocycles. The van der Waals surface area contributed by atoms with Crippen molar-refractivity contribution in [2.24, 2.45) is 0 Å². The third-order valence-electron chi connectivity index (χ3n) is 8.45. The van der Waals surface area contributed by atoms with E-state index in [9.17, 15) is 43.5 Å². The molecule has 0 spiro atoms. The van der Waals surface area contributed by atoms with E-state index in [0.717, 1.165) is 34.7 Å². The second-order valence-corrected chi connectivity index (χ2v) is 22.9. The van der Waals surface area contributed by atoms with Crippen LogP contribution in [0.15, 0.2) is 16.6 Å². The summed E-state index contributed by atoms with van der Waals surface area (Å²) < 4.78 is 14.6. The summed E-state index contributed by atoms with van der Waals surface area (Å²) in [4.78, 5) is 107. The van der Waals surface area contributed by atoms with Crippen LogP contribution in [0.4, 0.5) is 15.0 Å². The van der Waals surface area contributed by atoms with Gasteiger partial charge in [0.25, 0.3) is 6.47 Å². The molecule has 0 unspecified atom stereocenters. The molecule has 1 aromatic carbocycles. The molecule has 2 aliphatic rings. The van der Waals surface area contributed by atoms with E-state index in [0.29, 0.717) is 81.7 Å². The Morgan fingerprint density at radius 3 is 1.54 bits per heavy atom. The fourth-order valence-corrected chi connectivity index (χ4v) is 11.3. The summed E-state index contributed by atoms with van der Waals surface area (Å²) in [6.45, 7) is 9.77. The fourth-order valence-electron chi connectivity index (χ4n) is 6.03. The van der Waals surface area contributed by atoms with E-state index in [4.69, 9.17) is 59.1 Å². The normalized spacial score (nSPS) is 12.2. The number of carbonyl (C=O) groups is 9. The number of amides is 3. The molecule has 4 N–H and O–H groups in total. The molecule has 0 fully saturated rings. The first kappa shape index (κ1) is 74.6. The second kappa shape index (κ2) is 38.2. The summed E-state index contributed by atoms with van der Waals surface area (Å²) in [6.07, 6.45) is 2.96. The number of rotatable bonds is 10. The number of alkyl halides is 5. The number of aromatic hydroxyl groups is 1. The molecule has 0 radical (unpaired) electrons. The van der Waals surface area contributed by atoms with Crippen LogP contribution in [0, 0.1) is 0 Å². The molecular formula is C41H43Br5Cl3K2N3O15S3. The number of fused-ring (bicyclic) bond motifs is 3. The number of phenolic OH excluding ortho intramolecular Hbond substituents is 1. The maximum Gasteiger partial charge on any atom is 1.00 e. The van der Waals surface area contributed by atoms with Crippen molar-refractivity contribution in [3.05, 3.63) is 54.2 Å². The number of benzene rings is 1. The third kappa shape index (κ3) is 23.1. The molecular weight excluding hydrogens is 1450 g/mol.